The fourth-order valence-electron chi connectivity index (χ4n) is 1.70. The van der Waals surface area contributed by atoms with Gasteiger partial charge in [-0.15, -0.1) is 6.42 Å². The summed E-state index contributed by atoms with van der Waals surface area (Å²) in [5, 5.41) is 3.29. The summed E-state index contributed by atoms with van der Waals surface area (Å²) in [5.41, 5.74) is 0.187. The van der Waals surface area contributed by atoms with Crippen LogP contribution in [0.1, 0.15) is 26.2 Å². The zero-order chi connectivity index (χ0) is 10.6. The van der Waals surface area contributed by atoms with Crippen molar-refractivity contribution in [3.63, 3.8) is 0 Å². The molecule has 0 aromatic carbocycles. The van der Waals surface area contributed by atoms with E-state index < -0.39 is 0 Å². The minimum absolute atomic E-state index is 0.0886. The maximum atomic E-state index is 11.5. The van der Waals surface area contributed by atoms with Gasteiger partial charge in [0.15, 0.2) is 0 Å². The minimum atomic E-state index is 0.0886. The Morgan fingerprint density at radius 3 is 2.57 bits per heavy atom. The van der Waals surface area contributed by atoms with Crippen molar-refractivity contribution in [1.29, 1.82) is 0 Å². The molecule has 0 unspecified atom stereocenters. The molecule has 0 aromatic heterocycles. The van der Waals surface area contributed by atoms with E-state index in [1.165, 1.54) is 0 Å². The van der Waals surface area contributed by atoms with Gasteiger partial charge in [0, 0.05) is 18.6 Å². The van der Waals surface area contributed by atoms with Crippen LogP contribution in [0, 0.1) is 12.3 Å². The third-order valence-electron chi connectivity index (χ3n) is 3.08. The van der Waals surface area contributed by atoms with Crippen molar-refractivity contribution >= 4 is 5.91 Å². The van der Waals surface area contributed by atoms with E-state index in [1.54, 1.807) is 0 Å². The Bertz CT molecular complexity index is 247. The predicted octanol–water partition coefficient (Wildman–Crippen LogP) is 0.610. The zero-order valence-electron chi connectivity index (χ0n) is 8.97. The lowest BCUT2D eigenvalue weighted by Crippen LogP contribution is -2.51. The van der Waals surface area contributed by atoms with Crippen LogP contribution in [0.4, 0.5) is 0 Å². The number of hydrogen-bond acceptors (Lipinski definition) is 2. The Labute approximate surface area is 85.9 Å². The van der Waals surface area contributed by atoms with Crippen LogP contribution in [0.3, 0.4) is 0 Å². The van der Waals surface area contributed by atoms with E-state index in [4.69, 9.17) is 6.42 Å². The van der Waals surface area contributed by atoms with Gasteiger partial charge in [0.2, 0.25) is 5.91 Å². The summed E-state index contributed by atoms with van der Waals surface area (Å²) in [6.45, 7) is 3.83. The van der Waals surface area contributed by atoms with E-state index in [0.717, 1.165) is 25.9 Å². The Morgan fingerprint density at radius 1 is 1.57 bits per heavy atom. The molecule has 0 bridgehead atoms. The van der Waals surface area contributed by atoms with Gasteiger partial charge in [0.05, 0.1) is 6.42 Å². The lowest BCUT2D eigenvalue weighted by atomic mass is 9.90. The summed E-state index contributed by atoms with van der Waals surface area (Å²) in [6, 6.07) is 0. The molecule has 0 radical (unpaired) electrons. The molecule has 1 aliphatic heterocycles. The molecule has 3 nitrogen and oxygen atoms in total. The third kappa shape index (κ3) is 2.49. The van der Waals surface area contributed by atoms with E-state index in [2.05, 4.69) is 18.2 Å². The molecule has 1 heterocycles. The van der Waals surface area contributed by atoms with Crippen LogP contribution in [0.5, 0.6) is 0 Å². The van der Waals surface area contributed by atoms with Gasteiger partial charge in [-0.1, -0.05) is 5.92 Å². The summed E-state index contributed by atoms with van der Waals surface area (Å²) in [4.78, 5) is 13.3. The first-order chi connectivity index (χ1) is 6.61. The maximum Gasteiger partial charge on any atom is 0.234 e. The average molecular weight is 194 g/mol. The third-order valence-corrected chi connectivity index (χ3v) is 3.08. The molecule has 0 atom stereocenters. The molecular weight excluding hydrogens is 176 g/mol. The smallest absolute Gasteiger partial charge is 0.234 e. The van der Waals surface area contributed by atoms with Gasteiger partial charge in [-0.3, -0.25) is 4.79 Å². The normalized spacial score (nSPS) is 20.2. The highest BCUT2D eigenvalue weighted by molar-refractivity contribution is 5.78. The van der Waals surface area contributed by atoms with Crippen molar-refractivity contribution in [3.8, 4) is 12.3 Å². The summed E-state index contributed by atoms with van der Waals surface area (Å²) < 4.78 is 0. The SMILES string of the molecule is C#CCC(=O)N1CCC(C)(NC)CC1. The molecule has 0 spiro atoms. The Hall–Kier alpha value is -1.01. The molecule has 1 amide bonds. The molecule has 3 heteroatoms. The quantitative estimate of drug-likeness (QED) is 0.653. The fourth-order valence-corrected chi connectivity index (χ4v) is 1.70. The number of carbonyl (C=O) groups is 1. The van der Waals surface area contributed by atoms with Crippen molar-refractivity contribution < 1.29 is 4.79 Å². The second-order valence-corrected chi connectivity index (χ2v) is 4.07. The average Bonchev–Trinajstić information content (AvgIpc) is 2.19. The van der Waals surface area contributed by atoms with Gasteiger partial charge in [-0.05, 0) is 26.8 Å². The number of rotatable bonds is 2. The van der Waals surface area contributed by atoms with Gasteiger partial charge >= 0.3 is 0 Å². The first-order valence-electron chi connectivity index (χ1n) is 5.01. The van der Waals surface area contributed by atoms with Crippen molar-refractivity contribution in [2.75, 3.05) is 20.1 Å². The van der Waals surface area contributed by atoms with Crippen LogP contribution < -0.4 is 5.32 Å². The van der Waals surface area contributed by atoms with Gasteiger partial charge < -0.3 is 10.2 Å². The van der Waals surface area contributed by atoms with Gasteiger partial charge in [0.25, 0.3) is 0 Å². The largest absolute Gasteiger partial charge is 0.342 e. The maximum absolute atomic E-state index is 11.5. The molecule has 1 fully saturated rings. The number of piperidine rings is 1. The molecule has 1 N–H and O–H groups in total. The van der Waals surface area contributed by atoms with E-state index in [1.807, 2.05) is 11.9 Å². The van der Waals surface area contributed by atoms with Crippen LogP contribution in [0.25, 0.3) is 0 Å². The summed E-state index contributed by atoms with van der Waals surface area (Å²) in [6.07, 6.45) is 7.34. The van der Waals surface area contributed by atoms with Crippen LogP contribution in [0.2, 0.25) is 0 Å². The second kappa shape index (κ2) is 4.47. The van der Waals surface area contributed by atoms with Crippen LogP contribution in [-0.4, -0.2) is 36.5 Å². The van der Waals surface area contributed by atoms with Gasteiger partial charge in [0.1, 0.15) is 0 Å². The predicted molar refractivity (Wildman–Crippen MR) is 56.7 cm³/mol. The Balaban J connectivity index is 2.44. The standard InChI is InChI=1S/C11H18N2O/c1-4-5-10(14)13-8-6-11(2,12-3)7-9-13/h1,12H,5-9H2,2-3H3. The number of likely N-dealkylation sites (tertiary alicyclic amines) is 1. The highest BCUT2D eigenvalue weighted by atomic mass is 16.2. The highest BCUT2D eigenvalue weighted by Gasteiger charge is 2.29. The second-order valence-electron chi connectivity index (χ2n) is 4.07. The molecule has 1 rings (SSSR count). The lowest BCUT2D eigenvalue weighted by Gasteiger charge is -2.39. The van der Waals surface area contributed by atoms with Crippen molar-refractivity contribution in [2.45, 2.75) is 31.7 Å². The molecular formula is C11H18N2O. The first kappa shape index (κ1) is 11.1. The van der Waals surface area contributed by atoms with E-state index in [9.17, 15) is 4.79 Å². The molecule has 1 saturated heterocycles. The fraction of sp³-hybridized carbons (Fsp3) is 0.727. The van der Waals surface area contributed by atoms with Crippen molar-refractivity contribution in [2.24, 2.45) is 0 Å². The monoisotopic (exact) mass is 194 g/mol. The van der Waals surface area contributed by atoms with Crippen LogP contribution >= 0.6 is 0 Å². The minimum Gasteiger partial charge on any atom is -0.342 e. The first-order valence-corrected chi connectivity index (χ1v) is 5.01. The Morgan fingerprint density at radius 2 is 2.14 bits per heavy atom. The number of amides is 1. The molecule has 0 aromatic rings. The van der Waals surface area contributed by atoms with Crippen LogP contribution in [-0.2, 0) is 4.79 Å². The molecule has 14 heavy (non-hydrogen) atoms. The van der Waals surface area contributed by atoms with Crippen molar-refractivity contribution in [1.82, 2.24) is 10.2 Å². The van der Waals surface area contributed by atoms with Crippen molar-refractivity contribution in [3.05, 3.63) is 0 Å². The van der Waals surface area contributed by atoms with E-state index >= 15 is 0 Å². The summed E-state index contributed by atoms with van der Waals surface area (Å²) >= 11 is 0. The van der Waals surface area contributed by atoms with E-state index in [0.29, 0.717) is 0 Å². The number of nitrogens with one attached hydrogen (secondary N) is 1. The number of nitrogens with zero attached hydrogens (tertiary/aromatic N) is 1. The summed E-state index contributed by atoms with van der Waals surface area (Å²) in [5.74, 6) is 2.48. The molecule has 78 valence electrons. The van der Waals surface area contributed by atoms with Crippen LogP contribution in [0.15, 0.2) is 0 Å². The number of carbonyl (C=O) groups excluding carboxylic acids is 1. The highest BCUT2D eigenvalue weighted by Crippen LogP contribution is 2.21. The summed E-state index contributed by atoms with van der Waals surface area (Å²) in [7, 11) is 1.97. The van der Waals surface area contributed by atoms with E-state index in [-0.39, 0.29) is 17.9 Å². The van der Waals surface area contributed by atoms with Gasteiger partial charge in [-0.2, -0.15) is 0 Å². The molecule has 0 saturated carbocycles. The number of terminal acetylenes is 1. The molecule has 0 aliphatic carbocycles. The molecule has 1 aliphatic rings. The topological polar surface area (TPSA) is 32.3 Å². The zero-order valence-corrected chi connectivity index (χ0v) is 8.97. The number of hydrogen-bond donors (Lipinski definition) is 1. The van der Waals surface area contributed by atoms with Gasteiger partial charge in [-0.25, -0.2) is 0 Å². The lowest BCUT2D eigenvalue weighted by molar-refractivity contribution is -0.131. The Kier molecular flexibility index (Phi) is 3.54.